The lowest BCUT2D eigenvalue weighted by molar-refractivity contribution is 0.501. The Balaban J connectivity index is 2.25. The van der Waals surface area contributed by atoms with E-state index in [1.807, 2.05) is 39.4 Å². The van der Waals surface area contributed by atoms with Gasteiger partial charge in [0.2, 0.25) is 0 Å². The molecule has 21 heavy (non-hydrogen) atoms. The zero-order valence-corrected chi connectivity index (χ0v) is 14.5. The van der Waals surface area contributed by atoms with E-state index in [2.05, 4.69) is 31.4 Å². The van der Waals surface area contributed by atoms with Gasteiger partial charge in [0.15, 0.2) is 0 Å². The third-order valence-electron chi connectivity index (χ3n) is 3.55. The largest absolute Gasteiger partial charge is 0.378 e. The first kappa shape index (κ1) is 15.8. The van der Waals surface area contributed by atoms with E-state index in [9.17, 15) is 4.79 Å². The molecule has 0 aliphatic heterocycles. The zero-order valence-electron chi connectivity index (χ0n) is 12.9. The average Bonchev–Trinajstić information content (AvgIpc) is 2.65. The molecule has 0 spiro atoms. The molecule has 2 rings (SSSR count). The molecule has 0 unspecified atom stereocenters. The van der Waals surface area contributed by atoms with Crippen LogP contribution in [-0.2, 0) is 13.6 Å². The smallest absolute Gasteiger partial charge is 0.283 e. The van der Waals surface area contributed by atoms with Crippen molar-refractivity contribution in [3.63, 3.8) is 0 Å². The maximum atomic E-state index is 12.2. The molecular weight excluding hydrogens is 334 g/mol. The lowest BCUT2D eigenvalue weighted by atomic mass is 10.2. The molecule has 114 valence electrons. The molecule has 7 heteroatoms. The van der Waals surface area contributed by atoms with E-state index < -0.39 is 0 Å². The van der Waals surface area contributed by atoms with Gasteiger partial charge in [-0.1, -0.05) is 0 Å². The van der Waals surface area contributed by atoms with Gasteiger partial charge < -0.3 is 5.32 Å². The SMILES string of the molecule is Cc1nn(C)c(C)c1CNc1cnn(C(C)C)c(=O)c1Br. The number of nitrogens with one attached hydrogen (secondary N) is 1. The van der Waals surface area contributed by atoms with E-state index in [0.717, 1.165) is 17.0 Å². The van der Waals surface area contributed by atoms with Gasteiger partial charge in [-0.2, -0.15) is 10.2 Å². The molecule has 0 atom stereocenters. The molecule has 0 radical (unpaired) electrons. The maximum absolute atomic E-state index is 12.2. The van der Waals surface area contributed by atoms with E-state index in [-0.39, 0.29) is 11.6 Å². The van der Waals surface area contributed by atoms with Crippen LogP contribution in [0.5, 0.6) is 0 Å². The molecule has 2 aromatic rings. The summed E-state index contributed by atoms with van der Waals surface area (Å²) in [4.78, 5) is 12.2. The van der Waals surface area contributed by atoms with Crippen molar-refractivity contribution in [3.8, 4) is 0 Å². The summed E-state index contributed by atoms with van der Waals surface area (Å²) in [5, 5.41) is 11.8. The van der Waals surface area contributed by atoms with Crippen molar-refractivity contribution in [2.45, 2.75) is 40.3 Å². The standard InChI is InChI=1S/C14H20BrN5O/c1-8(2)20-14(21)13(15)12(7-17-20)16-6-11-9(3)18-19(5)10(11)4/h7-8,16H,6H2,1-5H3. The van der Waals surface area contributed by atoms with Crippen LogP contribution in [0.25, 0.3) is 0 Å². The normalized spacial score (nSPS) is 11.2. The van der Waals surface area contributed by atoms with Crippen molar-refractivity contribution in [3.05, 3.63) is 38.0 Å². The van der Waals surface area contributed by atoms with Gasteiger partial charge in [-0.3, -0.25) is 9.48 Å². The zero-order chi connectivity index (χ0) is 15.7. The summed E-state index contributed by atoms with van der Waals surface area (Å²) < 4.78 is 3.82. The van der Waals surface area contributed by atoms with Crippen molar-refractivity contribution in [1.29, 1.82) is 0 Å². The van der Waals surface area contributed by atoms with Gasteiger partial charge in [0.1, 0.15) is 4.47 Å². The summed E-state index contributed by atoms with van der Waals surface area (Å²) in [5.74, 6) is 0. The Morgan fingerprint density at radius 1 is 1.38 bits per heavy atom. The van der Waals surface area contributed by atoms with Crippen LogP contribution < -0.4 is 10.9 Å². The van der Waals surface area contributed by atoms with E-state index in [0.29, 0.717) is 16.7 Å². The number of hydrogen-bond acceptors (Lipinski definition) is 4. The van der Waals surface area contributed by atoms with Crippen LogP contribution in [0.15, 0.2) is 15.5 Å². The molecule has 2 heterocycles. The predicted molar refractivity (Wildman–Crippen MR) is 86.6 cm³/mol. The number of rotatable bonds is 4. The third-order valence-corrected chi connectivity index (χ3v) is 4.31. The van der Waals surface area contributed by atoms with E-state index in [1.54, 1.807) is 6.20 Å². The quantitative estimate of drug-likeness (QED) is 0.917. The number of anilines is 1. The van der Waals surface area contributed by atoms with Crippen LogP contribution in [0.4, 0.5) is 5.69 Å². The highest BCUT2D eigenvalue weighted by molar-refractivity contribution is 9.10. The Kier molecular flexibility index (Phi) is 4.51. The summed E-state index contributed by atoms with van der Waals surface area (Å²) in [5.41, 5.74) is 3.80. The summed E-state index contributed by atoms with van der Waals surface area (Å²) >= 11 is 3.36. The van der Waals surface area contributed by atoms with Crippen molar-refractivity contribution in [2.75, 3.05) is 5.32 Å². The minimum absolute atomic E-state index is 0.0330. The topological polar surface area (TPSA) is 64.7 Å². The molecule has 0 saturated carbocycles. The second-order valence-electron chi connectivity index (χ2n) is 5.34. The van der Waals surface area contributed by atoms with Gasteiger partial charge in [0.05, 0.1) is 23.6 Å². The lowest BCUT2D eigenvalue weighted by Gasteiger charge is -2.12. The molecule has 0 aliphatic rings. The van der Waals surface area contributed by atoms with Gasteiger partial charge in [-0.15, -0.1) is 0 Å². The number of halogens is 1. The molecule has 2 aromatic heterocycles. The summed E-state index contributed by atoms with van der Waals surface area (Å²) in [6, 6.07) is 0.0330. The fourth-order valence-corrected chi connectivity index (χ4v) is 2.62. The van der Waals surface area contributed by atoms with Crippen LogP contribution in [0.2, 0.25) is 0 Å². The Morgan fingerprint density at radius 3 is 2.57 bits per heavy atom. The van der Waals surface area contributed by atoms with Crippen molar-refractivity contribution >= 4 is 21.6 Å². The molecular formula is C14H20BrN5O. The Hall–Kier alpha value is -1.63. The van der Waals surface area contributed by atoms with Gasteiger partial charge in [-0.05, 0) is 43.6 Å². The number of aryl methyl sites for hydroxylation is 2. The molecule has 0 aliphatic carbocycles. The molecule has 1 N–H and O–H groups in total. The van der Waals surface area contributed by atoms with Crippen molar-refractivity contribution in [2.24, 2.45) is 7.05 Å². The average molecular weight is 354 g/mol. The molecule has 0 bridgehead atoms. The fraction of sp³-hybridized carbons (Fsp3) is 0.500. The molecule has 0 amide bonds. The third kappa shape index (κ3) is 3.02. The molecule has 0 aromatic carbocycles. The van der Waals surface area contributed by atoms with Crippen LogP contribution in [0.1, 0.15) is 36.8 Å². The highest BCUT2D eigenvalue weighted by atomic mass is 79.9. The maximum Gasteiger partial charge on any atom is 0.283 e. The second-order valence-corrected chi connectivity index (χ2v) is 6.14. The van der Waals surface area contributed by atoms with Gasteiger partial charge in [0, 0.05) is 24.8 Å². The van der Waals surface area contributed by atoms with Crippen LogP contribution in [0.3, 0.4) is 0 Å². The summed E-state index contributed by atoms with van der Waals surface area (Å²) in [6.07, 6.45) is 1.67. The fourth-order valence-electron chi connectivity index (χ4n) is 2.19. The van der Waals surface area contributed by atoms with Gasteiger partial charge in [0.25, 0.3) is 5.56 Å². The highest BCUT2D eigenvalue weighted by Gasteiger charge is 2.13. The second kappa shape index (κ2) is 6.01. The van der Waals surface area contributed by atoms with E-state index in [1.165, 1.54) is 4.68 Å². The molecule has 0 fully saturated rings. The monoisotopic (exact) mass is 353 g/mol. The number of hydrogen-bond donors (Lipinski definition) is 1. The van der Waals surface area contributed by atoms with E-state index in [4.69, 9.17) is 0 Å². The lowest BCUT2D eigenvalue weighted by Crippen LogP contribution is -2.26. The molecule has 0 saturated heterocycles. The van der Waals surface area contributed by atoms with Crippen LogP contribution in [0, 0.1) is 13.8 Å². The highest BCUT2D eigenvalue weighted by Crippen LogP contribution is 2.20. The Labute approximate surface area is 132 Å². The first-order valence-corrected chi connectivity index (χ1v) is 7.62. The Morgan fingerprint density at radius 2 is 2.05 bits per heavy atom. The predicted octanol–water partition coefficient (Wildman–Crippen LogP) is 2.55. The summed E-state index contributed by atoms with van der Waals surface area (Å²) in [6.45, 7) is 8.47. The van der Waals surface area contributed by atoms with Crippen molar-refractivity contribution < 1.29 is 0 Å². The summed E-state index contributed by atoms with van der Waals surface area (Å²) in [7, 11) is 1.92. The first-order valence-electron chi connectivity index (χ1n) is 6.83. The number of nitrogens with zero attached hydrogens (tertiary/aromatic N) is 4. The number of aromatic nitrogens is 4. The van der Waals surface area contributed by atoms with Crippen molar-refractivity contribution in [1.82, 2.24) is 19.6 Å². The van der Waals surface area contributed by atoms with E-state index >= 15 is 0 Å². The molecule has 6 nitrogen and oxygen atoms in total. The minimum Gasteiger partial charge on any atom is -0.378 e. The Bertz CT molecular complexity index is 717. The minimum atomic E-state index is -0.130. The van der Waals surface area contributed by atoms with Gasteiger partial charge in [-0.25, -0.2) is 4.68 Å². The van der Waals surface area contributed by atoms with Gasteiger partial charge >= 0.3 is 0 Å². The van der Waals surface area contributed by atoms with Crippen LogP contribution in [-0.4, -0.2) is 19.6 Å². The van der Waals surface area contributed by atoms with Crippen LogP contribution >= 0.6 is 15.9 Å². The first-order chi connectivity index (χ1) is 9.82.